The number of nitrogens with two attached hydrogens (primary N) is 1. The molecule has 3 rings (SSSR count). The van der Waals surface area contributed by atoms with E-state index in [0.717, 1.165) is 21.0 Å². The molecule has 3 aromatic rings. The van der Waals surface area contributed by atoms with Gasteiger partial charge in [-0.1, -0.05) is 33.6 Å². The SMILES string of the molecule is Cc1c(C(N)c2ccc(Br)cc2Cl)oc2ccc(F)cc12. The summed E-state index contributed by atoms with van der Waals surface area (Å²) in [5.74, 6) is 0.299. The number of furan rings is 1. The van der Waals surface area contributed by atoms with Crippen molar-refractivity contribution in [3.63, 3.8) is 0 Å². The summed E-state index contributed by atoms with van der Waals surface area (Å²) in [4.78, 5) is 0. The molecule has 5 heteroatoms. The minimum absolute atomic E-state index is 0.298. The lowest BCUT2D eigenvalue weighted by atomic mass is 10.0. The van der Waals surface area contributed by atoms with Gasteiger partial charge in [0.1, 0.15) is 17.2 Å². The number of hydrogen-bond donors (Lipinski definition) is 1. The molecule has 1 aromatic heterocycles. The summed E-state index contributed by atoms with van der Waals surface area (Å²) in [7, 11) is 0. The van der Waals surface area contributed by atoms with E-state index >= 15 is 0 Å². The molecule has 2 aromatic carbocycles. The minimum atomic E-state index is -0.499. The van der Waals surface area contributed by atoms with Crippen LogP contribution in [-0.2, 0) is 0 Å². The summed E-state index contributed by atoms with van der Waals surface area (Å²) in [6.07, 6.45) is 0. The monoisotopic (exact) mass is 367 g/mol. The van der Waals surface area contributed by atoms with Crippen molar-refractivity contribution < 1.29 is 8.81 Å². The first kappa shape index (κ1) is 14.6. The third kappa shape index (κ3) is 2.59. The zero-order valence-electron chi connectivity index (χ0n) is 11.2. The van der Waals surface area contributed by atoms with Crippen molar-refractivity contribution in [2.45, 2.75) is 13.0 Å². The quantitative estimate of drug-likeness (QED) is 0.663. The van der Waals surface area contributed by atoms with E-state index in [1.165, 1.54) is 12.1 Å². The van der Waals surface area contributed by atoms with E-state index in [4.69, 9.17) is 21.8 Å². The number of rotatable bonds is 2. The highest BCUT2D eigenvalue weighted by atomic mass is 79.9. The molecule has 0 aliphatic rings. The fraction of sp³-hybridized carbons (Fsp3) is 0.125. The van der Waals surface area contributed by atoms with Gasteiger partial charge in [0.15, 0.2) is 0 Å². The molecule has 0 aliphatic heterocycles. The molecular formula is C16H12BrClFNO. The Hall–Kier alpha value is -1.36. The van der Waals surface area contributed by atoms with Crippen molar-refractivity contribution in [3.05, 3.63) is 68.6 Å². The van der Waals surface area contributed by atoms with Crippen LogP contribution in [0, 0.1) is 12.7 Å². The molecule has 0 radical (unpaired) electrons. The van der Waals surface area contributed by atoms with Gasteiger partial charge in [0, 0.05) is 20.4 Å². The Morgan fingerprint density at radius 1 is 1.24 bits per heavy atom. The Morgan fingerprint density at radius 3 is 2.71 bits per heavy atom. The maximum absolute atomic E-state index is 13.4. The Labute approximate surface area is 134 Å². The highest BCUT2D eigenvalue weighted by Crippen LogP contribution is 2.35. The van der Waals surface area contributed by atoms with Gasteiger partial charge in [-0.2, -0.15) is 0 Å². The van der Waals surface area contributed by atoms with Crippen molar-refractivity contribution in [1.29, 1.82) is 0 Å². The molecule has 0 bridgehead atoms. The topological polar surface area (TPSA) is 39.2 Å². The summed E-state index contributed by atoms with van der Waals surface area (Å²) in [6.45, 7) is 1.87. The van der Waals surface area contributed by atoms with Crippen LogP contribution in [0.1, 0.15) is 22.9 Å². The molecule has 2 nitrogen and oxygen atoms in total. The van der Waals surface area contributed by atoms with Crippen LogP contribution in [-0.4, -0.2) is 0 Å². The van der Waals surface area contributed by atoms with Gasteiger partial charge in [-0.05, 0) is 42.8 Å². The lowest BCUT2D eigenvalue weighted by Crippen LogP contribution is -2.12. The van der Waals surface area contributed by atoms with Gasteiger partial charge in [0.05, 0.1) is 6.04 Å². The lowest BCUT2D eigenvalue weighted by molar-refractivity contribution is 0.520. The van der Waals surface area contributed by atoms with E-state index in [9.17, 15) is 4.39 Å². The van der Waals surface area contributed by atoms with Gasteiger partial charge >= 0.3 is 0 Å². The van der Waals surface area contributed by atoms with E-state index in [-0.39, 0.29) is 5.82 Å². The first-order valence-electron chi connectivity index (χ1n) is 6.36. The number of fused-ring (bicyclic) bond motifs is 1. The Morgan fingerprint density at radius 2 is 2.00 bits per heavy atom. The Kier molecular flexibility index (Phi) is 3.78. The molecule has 2 N–H and O–H groups in total. The zero-order chi connectivity index (χ0) is 15.1. The second kappa shape index (κ2) is 5.44. The van der Waals surface area contributed by atoms with Crippen LogP contribution in [0.15, 0.2) is 45.3 Å². The maximum Gasteiger partial charge on any atom is 0.134 e. The van der Waals surface area contributed by atoms with Gasteiger partial charge in [0.2, 0.25) is 0 Å². The third-order valence-electron chi connectivity index (χ3n) is 3.52. The van der Waals surface area contributed by atoms with Crippen LogP contribution in [0.25, 0.3) is 11.0 Å². The smallest absolute Gasteiger partial charge is 0.134 e. The third-order valence-corrected chi connectivity index (χ3v) is 4.34. The first-order chi connectivity index (χ1) is 9.97. The molecule has 1 heterocycles. The van der Waals surface area contributed by atoms with Crippen LogP contribution in [0.4, 0.5) is 4.39 Å². The summed E-state index contributed by atoms with van der Waals surface area (Å²) >= 11 is 9.60. The normalized spacial score (nSPS) is 12.8. The number of hydrogen-bond acceptors (Lipinski definition) is 2. The molecule has 108 valence electrons. The number of halogens is 3. The molecule has 0 spiro atoms. The van der Waals surface area contributed by atoms with Crippen LogP contribution in [0.5, 0.6) is 0 Å². The molecule has 0 aliphatic carbocycles. The minimum Gasteiger partial charge on any atom is -0.459 e. The van der Waals surface area contributed by atoms with Gasteiger partial charge in [0.25, 0.3) is 0 Å². The van der Waals surface area contributed by atoms with E-state index < -0.39 is 6.04 Å². The standard InChI is InChI=1S/C16H12BrClFNO/c1-8-12-7-10(19)3-5-14(12)21-16(8)15(20)11-4-2-9(17)6-13(11)18/h2-7,15H,20H2,1H3. The summed E-state index contributed by atoms with van der Waals surface area (Å²) in [5, 5.41) is 1.29. The van der Waals surface area contributed by atoms with Crippen molar-refractivity contribution >= 4 is 38.5 Å². The van der Waals surface area contributed by atoms with Gasteiger partial charge in [-0.15, -0.1) is 0 Å². The maximum atomic E-state index is 13.4. The summed E-state index contributed by atoms with van der Waals surface area (Å²) in [5.41, 5.74) is 8.50. The zero-order valence-corrected chi connectivity index (χ0v) is 13.5. The molecule has 1 unspecified atom stereocenters. The first-order valence-corrected chi connectivity index (χ1v) is 7.53. The predicted octanol–water partition coefficient (Wildman–Crippen LogP) is 5.34. The van der Waals surface area contributed by atoms with Crippen LogP contribution in [0.2, 0.25) is 5.02 Å². The highest BCUT2D eigenvalue weighted by Gasteiger charge is 2.21. The van der Waals surface area contributed by atoms with E-state index in [1.54, 1.807) is 12.1 Å². The predicted molar refractivity (Wildman–Crippen MR) is 86.1 cm³/mol. The summed E-state index contributed by atoms with van der Waals surface area (Å²) in [6, 6.07) is 9.44. The van der Waals surface area contributed by atoms with Gasteiger partial charge in [-0.25, -0.2) is 4.39 Å². The van der Waals surface area contributed by atoms with Crippen LogP contribution in [0.3, 0.4) is 0 Å². The van der Waals surface area contributed by atoms with Crippen molar-refractivity contribution in [3.8, 4) is 0 Å². The van der Waals surface area contributed by atoms with Gasteiger partial charge < -0.3 is 10.2 Å². The van der Waals surface area contributed by atoms with Gasteiger partial charge in [-0.3, -0.25) is 0 Å². The van der Waals surface area contributed by atoms with E-state index in [0.29, 0.717) is 16.4 Å². The summed E-state index contributed by atoms with van der Waals surface area (Å²) < 4.78 is 20.0. The van der Waals surface area contributed by atoms with Crippen molar-refractivity contribution in [1.82, 2.24) is 0 Å². The Balaban J connectivity index is 2.13. The Bertz CT molecular complexity index is 831. The molecule has 0 fully saturated rings. The average Bonchev–Trinajstić information content (AvgIpc) is 2.75. The fourth-order valence-electron chi connectivity index (χ4n) is 2.40. The van der Waals surface area contributed by atoms with Crippen LogP contribution >= 0.6 is 27.5 Å². The molecule has 0 amide bonds. The molecule has 21 heavy (non-hydrogen) atoms. The van der Waals surface area contributed by atoms with E-state index in [1.807, 2.05) is 19.1 Å². The average molecular weight is 369 g/mol. The molecule has 0 saturated heterocycles. The number of aryl methyl sites for hydroxylation is 1. The highest BCUT2D eigenvalue weighted by molar-refractivity contribution is 9.10. The molecular weight excluding hydrogens is 357 g/mol. The fourth-order valence-corrected chi connectivity index (χ4v) is 3.19. The van der Waals surface area contributed by atoms with Crippen molar-refractivity contribution in [2.24, 2.45) is 5.73 Å². The lowest BCUT2D eigenvalue weighted by Gasteiger charge is -2.12. The van der Waals surface area contributed by atoms with Crippen molar-refractivity contribution in [2.75, 3.05) is 0 Å². The molecule has 0 saturated carbocycles. The second-order valence-electron chi connectivity index (χ2n) is 4.88. The molecule has 1 atom stereocenters. The van der Waals surface area contributed by atoms with Crippen LogP contribution < -0.4 is 5.73 Å². The second-order valence-corrected chi connectivity index (χ2v) is 6.20. The van der Waals surface area contributed by atoms with E-state index in [2.05, 4.69) is 15.9 Å². The number of benzene rings is 2. The largest absolute Gasteiger partial charge is 0.459 e.